The van der Waals surface area contributed by atoms with E-state index in [0.29, 0.717) is 13.0 Å². The van der Waals surface area contributed by atoms with Gasteiger partial charge in [-0.05, 0) is 49.9 Å². The van der Waals surface area contributed by atoms with E-state index in [0.717, 1.165) is 12.0 Å². The molecule has 0 amide bonds. The van der Waals surface area contributed by atoms with Crippen LogP contribution in [0.25, 0.3) is 0 Å². The van der Waals surface area contributed by atoms with Gasteiger partial charge in [0.05, 0.1) is 0 Å². The molecule has 0 atom stereocenters. The predicted molar refractivity (Wildman–Crippen MR) is 71.4 cm³/mol. The first-order valence-corrected chi connectivity index (χ1v) is 7.06. The van der Waals surface area contributed by atoms with Crippen molar-refractivity contribution in [3.8, 4) is 0 Å². The second-order valence-electron chi connectivity index (χ2n) is 5.60. The van der Waals surface area contributed by atoms with Crippen molar-refractivity contribution in [2.75, 3.05) is 19.6 Å². The van der Waals surface area contributed by atoms with Crippen LogP contribution in [-0.2, 0) is 6.42 Å². The topological polar surface area (TPSA) is 23.5 Å². The van der Waals surface area contributed by atoms with E-state index in [1.54, 1.807) is 6.07 Å². The first-order chi connectivity index (χ1) is 9.80. The zero-order chi connectivity index (χ0) is 15.5. The highest BCUT2D eigenvalue weighted by atomic mass is 19.4. The molecule has 1 saturated heterocycles. The lowest BCUT2D eigenvalue weighted by Crippen LogP contribution is -2.53. The maximum absolute atomic E-state index is 13.0. The van der Waals surface area contributed by atoms with Crippen LogP contribution in [0.15, 0.2) is 24.3 Å². The van der Waals surface area contributed by atoms with Crippen molar-refractivity contribution in [2.24, 2.45) is 0 Å². The minimum Gasteiger partial charge on any atom is -0.380 e. The summed E-state index contributed by atoms with van der Waals surface area (Å²) in [4.78, 5) is 1.92. The molecule has 1 heterocycles. The summed E-state index contributed by atoms with van der Waals surface area (Å²) in [6.45, 7) is 1.13. The summed E-state index contributed by atoms with van der Waals surface area (Å²) in [5.41, 5.74) is -1.65. The van der Waals surface area contributed by atoms with Crippen LogP contribution in [0.4, 0.5) is 17.6 Å². The summed E-state index contributed by atoms with van der Waals surface area (Å²) < 4.78 is 51.0. The van der Waals surface area contributed by atoms with Gasteiger partial charge in [0, 0.05) is 13.1 Å². The molecule has 1 N–H and O–H groups in total. The summed E-state index contributed by atoms with van der Waals surface area (Å²) in [5.74, 6) is -0.277. The second-order valence-corrected chi connectivity index (χ2v) is 5.60. The fraction of sp³-hybridized carbons (Fsp3) is 0.600. The molecule has 0 radical (unpaired) electrons. The maximum atomic E-state index is 13.0. The molecule has 1 aliphatic heterocycles. The molecule has 2 rings (SSSR count). The van der Waals surface area contributed by atoms with Crippen molar-refractivity contribution < 1.29 is 22.7 Å². The summed E-state index contributed by atoms with van der Waals surface area (Å²) in [6.07, 6.45) is -3.67. The third-order valence-corrected chi connectivity index (χ3v) is 4.04. The van der Waals surface area contributed by atoms with Gasteiger partial charge >= 0.3 is 6.18 Å². The van der Waals surface area contributed by atoms with E-state index in [1.165, 1.54) is 12.1 Å². The van der Waals surface area contributed by atoms with Crippen LogP contribution in [0.3, 0.4) is 0 Å². The van der Waals surface area contributed by atoms with Gasteiger partial charge in [-0.15, -0.1) is 0 Å². The Morgan fingerprint density at radius 1 is 1.19 bits per heavy atom. The van der Waals surface area contributed by atoms with E-state index in [-0.39, 0.29) is 31.7 Å². The monoisotopic (exact) mass is 305 g/mol. The number of hydrogen-bond acceptors (Lipinski definition) is 2. The first kappa shape index (κ1) is 16.2. The van der Waals surface area contributed by atoms with E-state index in [9.17, 15) is 22.7 Å². The summed E-state index contributed by atoms with van der Waals surface area (Å²) >= 11 is 0. The highest BCUT2D eigenvalue weighted by molar-refractivity contribution is 5.16. The third-order valence-electron chi connectivity index (χ3n) is 4.04. The predicted octanol–water partition coefficient (Wildman–Crippen LogP) is 3.15. The number of aryl methyl sites for hydroxylation is 1. The van der Waals surface area contributed by atoms with Crippen LogP contribution in [0.1, 0.15) is 24.8 Å². The molecule has 0 unspecified atom stereocenters. The maximum Gasteiger partial charge on any atom is 0.417 e. The van der Waals surface area contributed by atoms with Gasteiger partial charge in [-0.2, -0.15) is 13.2 Å². The second kappa shape index (κ2) is 6.32. The fourth-order valence-electron chi connectivity index (χ4n) is 2.63. The molecule has 0 bridgehead atoms. The molecule has 0 aromatic heterocycles. The zero-order valence-corrected chi connectivity index (χ0v) is 11.7. The van der Waals surface area contributed by atoms with Crippen LogP contribution in [0, 0.1) is 5.82 Å². The van der Waals surface area contributed by atoms with E-state index in [1.807, 2.05) is 11.0 Å². The normalized spacial score (nSPS) is 19.7. The standard InChI is InChI=1S/C15H19F4NO/c16-13-5-1-3-12(11-13)4-2-8-20-9-6-14(21,7-10-20)15(17,18)19/h1,3,5,11,21H,2,4,6-10H2. The van der Waals surface area contributed by atoms with Gasteiger partial charge in [0.25, 0.3) is 0 Å². The van der Waals surface area contributed by atoms with Gasteiger partial charge < -0.3 is 10.0 Å². The zero-order valence-electron chi connectivity index (χ0n) is 11.7. The van der Waals surface area contributed by atoms with Gasteiger partial charge in [-0.3, -0.25) is 0 Å². The molecule has 2 nitrogen and oxygen atoms in total. The largest absolute Gasteiger partial charge is 0.417 e. The van der Waals surface area contributed by atoms with Gasteiger partial charge in [0.2, 0.25) is 0 Å². The summed E-state index contributed by atoms with van der Waals surface area (Å²) in [7, 11) is 0. The van der Waals surface area contributed by atoms with Crippen molar-refractivity contribution in [3.05, 3.63) is 35.6 Å². The fourth-order valence-corrected chi connectivity index (χ4v) is 2.63. The molecule has 1 aliphatic rings. The minimum atomic E-state index is -4.55. The molecule has 21 heavy (non-hydrogen) atoms. The quantitative estimate of drug-likeness (QED) is 0.864. The number of benzene rings is 1. The number of hydrogen-bond donors (Lipinski definition) is 1. The number of rotatable bonds is 4. The lowest BCUT2D eigenvalue weighted by atomic mass is 9.90. The van der Waals surface area contributed by atoms with E-state index < -0.39 is 11.8 Å². The highest BCUT2D eigenvalue weighted by Gasteiger charge is 2.54. The molecule has 1 aromatic rings. The highest BCUT2D eigenvalue weighted by Crippen LogP contribution is 2.38. The van der Waals surface area contributed by atoms with Gasteiger partial charge in [0.1, 0.15) is 5.82 Å². The summed E-state index contributed by atoms with van der Waals surface area (Å²) in [6, 6.07) is 6.33. The Labute approximate surface area is 121 Å². The Hall–Kier alpha value is -1.14. The van der Waals surface area contributed by atoms with Crippen molar-refractivity contribution in [3.63, 3.8) is 0 Å². The van der Waals surface area contributed by atoms with Crippen molar-refractivity contribution in [1.82, 2.24) is 4.90 Å². The number of alkyl halides is 3. The molecule has 118 valence electrons. The lowest BCUT2D eigenvalue weighted by Gasteiger charge is -2.39. The Morgan fingerprint density at radius 2 is 1.86 bits per heavy atom. The molecule has 0 saturated carbocycles. The molecule has 6 heteroatoms. The number of aliphatic hydroxyl groups is 1. The molecule has 0 aliphatic carbocycles. The lowest BCUT2D eigenvalue weighted by molar-refractivity contribution is -0.272. The van der Waals surface area contributed by atoms with Crippen LogP contribution in [0.5, 0.6) is 0 Å². The molecule has 1 fully saturated rings. The van der Waals surface area contributed by atoms with Crippen LogP contribution >= 0.6 is 0 Å². The van der Waals surface area contributed by atoms with Gasteiger partial charge in [0.15, 0.2) is 5.60 Å². The SMILES string of the molecule is OC1(C(F)(F)F)CCN(CCCc2cccc(F)c2)CC1. The molecule has 1 aromatic carbocycles. The van der Waals surface area contributed by atoms with Crippen molar-refractivity contribution in [1.29, 1.82) is 0 Å². The van der Waals surface area contributed by atoms with Crippen LogP contribution in [0.2, 0.25) is 0 Å². The van der Waals surface area contributed by atoms with Gasteiger partial charge in [-0.25, -0.2) is 4.39 Å². The number of piperidine rings is 1. The molecular weight excluding hydrogens is 286 g/mol. The Morgan fingerprint density at radius 3 is 2.43 bits per heavy atom. The molecular formula is C15H19F4NO. The summed E-state index contributed by atoms with van der Waals surface area (Å²) in [5, 5.41) is 9.57. The first-order valence-electron chi connectivity index (χ1n) is 7.06. The Bertz CT molecular complexity index is 467. The minimum absolute atomic E-state index is 0.235. The number of nitrogens with zero attached hydrogens (tertiary/aromatic N) is 1. The Balaban J connectivity index is 1.75. The van der Waals surface area contributed by atoms with Crippen LogP contribution in [-0.4, -0.2) is 41.4 Å². The average molecular weight is 305 g/mol. The van der Waals surface area contributed by atoms with E-state index in [4.69, 9.17) is 0 Å². The third kappa shape index (κ3) is 4.17. The van der Waals surface area contributed by atoms with Crippen molar-refractivity contribution in [2.45, 2.75) is 37.5 Å². The Kier molecular flexibility index (Phi) is 4.88. The smallest absolute Gasteiger partial charge is 0.380 e. The van der Waals surface area contributed by atoms with Crippen LogP contribution < -0.4 is 0 Å². The van der Waals surface area contributed by atoms with Gasteiger partial charge in [-0.1, -0.05) is 12.1 Å². The van der Waals surface area contributed by atoms with E-state index >= 15 is 0 Å². The number of halogens is 4. The molecule has 0 spiro atoms. The average Bonchev–Trinajstić information content (AvgIpc) is 2.40. The number of likely N-dealkylation sites (tertiary alicyclic amines) is 1. The van der Waals surface area contributed by atoms with Crippen molar-refractivity contribution >= 4 is 0 Å². The van der Waals surface area contributed by atoms with E-state index in [2.05, 4.69) is 0 Å².